The van der Waals surface area contributed by atoms with Gasteiger partial charge in [-0.3, -0.25) is 9.59 Å². The summed E-state index contributed by atoms with van der Waals surface area (Å²) in [6.45, 7) is 3.44. The molecule has 2 rings (SSSR count). The molecule has 0 spiro atoms. The van der Waals surface area contributed by atoms with Crippen molar-refractivity contribution in [2.45, 2.75) is 19.9 Å². The van der Waals surface area contributed by atoms with Gasteiger partial charge in [-0.2, -0.15) is 0 Å². The standard InChI is InChI=1S/C17H22N4O2S/c1-14-3-5-15(6-4-14)20-17(23)12-24-11-16(22)19-7-2-9-21-10-8-18-13-21/h3-6,8,10,13H,2,7,9,11-12H2,1H3,(H,19,22)(H,20,23). The molecule has 0 aliphatic heterocycles. The maximum atomic E-state index is 11.8. The smallest absolute Gasteiger partial charge is 0.234 e. The third-order valence-electron chi connectivity index (χ3n) is 3.28. The molecular weight excluding hydrogens is 324 g/mol. The number of imidazole rings is 1. The Balaban J connectivity index is 1.53. The molecule has 0 saturated heterocycles. The number of aromatic nitrogens is 2. The van der Waals surface area contributed by atoms with Crippen molar-refractivity contribution in [3.8, 4) is 0 Å². The summed E-state index contributed by atoms with van der Waals surface area (Å²) in [4.78, 5) is 27.5. The predicted molar refractivity (Wildman–Crippen MR) is 97.0 cm³/mol. The molecule has 2 N–H and O–H groups in total. The molecule has 6 nitrogen and oxygen atoms in total. The highest BCUT2D eigenvalue weighted by atomic mass is 32.2. The minimum atomic E-state index is -0.100. The number of anilines is 1. The number of nitrogens with zero attached hydrogens (tertiary/aromatic N) is 2. The lowest BCUT2D eigenvalue weighted by molar-refractivity contribution is -0.118. The molecule has 24 heavy (non-hydrogen) atoms. The van der Waals surface area contributed by atoms with Crippen LogP contribution >= 0.6 is 11.8 Å². The van der Waals surface area contributed by atoms with Crippen molar-refractivity contribution < 1.29 is 9.59 Å². The van der Waals surface area contributed by atoms with E-state index in [9.17, 15) is 9.59 Å². The Morgan fingerprint density at radius 2 is 1.92 bits per heavy atom. The molecule has 0 atom stereocenters. The van der Waals surface area contributed by atoms with Crippen molar-refractivity contribution in [1.29, 1.82) is 0 Å². The molecule has 2 aromatic rings. The maximum Gasteiger partial charge on any atom is 0.234 e. The molecule has 128 valence electrons. The van der Waals surface area contributed by atoms with Gasteiger partial charge < -0.3 is 15.2 Å². The molecule has 0 fully saturated rings. The summed E-state index contributed by atoms with van der Waals surface area (Å²) in [7, 11) is 0. The van der Waals surface area contributed by atoms with E-state index in [-0.39, 0.29) is 23.3 Å². The quantitative estimate of drug-likeness (QED) is 0.682. The Morgan fingerprint density at radius 3 is 2.62 bits per heavy atom. The van der Waals surface area contributed by atoms with Crippen molar-refractivity contribution in [3.05, 3.63) is 48.5 Å². The molecular formula is C17H22N4O2S. The van der Waals surface area contributed by atoms with Gasteiger partial charge in [0.1, 0.15) is 0 Å². The Morgan fingerprint density at radius 1 is 1.17 bits per heavy atom. The average molecular weight is 346 g/mol. The van der Waals surface area contributed by atoms with Crippen LogP contribution in [0.15, 0.2) is 43.0 Å². The van der Waals surface area contributed by atoms with Gasteiger partial charge in [0, 0.05) is 31.2 Å². The number of benzene rings is 1. The van der Waals surface area contributed by atoms with E-state index >= 15 is 0 Å². The number of aryl methyl sites for hydroxylation is 2. The fraction of sp³-hybridized carbons (Fsp3) is 0.353. The van der Waals surface area contributed by atoms with Crippen LogP contribution in [-0.2, 0) is 16.1 Å². The molecule has 0 bridgehead atoms. The normalized spacial score (nSPS) is 10.4. The van der Waals surface area contributed by atoms with Crippen molar-refractivity contribution in [3.63, 3.8) is 0 Å². The van der Waals surface area contributed by atoms with E-state index in [1.165, 1.54) is 11.8 Å². The second-order valence-electron chi connectivity index (χ2n) is 5.41. The number of hydrogen-bond donors (Lipinski definition) is 2. The van der Waals surface area contributed by atoms with Crippen LogP contribution in [0.5, 0.6) is 0 Å². The van der Waals surface area contributed by atoms with E-state index in [4.69, 9.17) is 0 Å². The number of nitrogens with one attached hydrogen (secondary N) is 2. The lowest BCUT2D eigenvalue weighted by Gasteiger charge is -2.07. The van der Waals surface area contributed by atoms with Crippen molar-refractivity contribution >= 4 is 29.3 Å². The Bertz CT molecular complexity index is 641. The number of amides is 2. The topological polar surface area (TPSA) is 76.0 Å². The van der Waals surface area contributed by atoms with Crippen LogP contribution in [0.2, 0.25) is 0 Å². The summed E-state index contributed by atoms with van der Waals surface area (Å²) in [6.07, 6.45) is 6.23. The van der Waals surface area contributed by atoms with Gasteiger partial charge in [0.05, 0.1) is 17.8 Å². The van der Waals surface area contributed by atoms with Crippen LogP contribution < -0.4 is 10.6 Å². The average Bonchev–Trinajstić information content (AvgIpc) is 3.07. The highest BCUT2D eigenvalue weighted by molar-refractivity contribution is 8.00. The van der Waals surface area contributed by atoms with Gasteiger partial charge >= 0.3 is 0 Å². The van der Waals surface area contributed by atoms with Gasteiger partial charge in [-0.15, -0.1) is 11.8 Å². The highest BCUT2D eigenvalue weighted by Gasteiger charge is 2.06. The zero-order valence-electron chi connectivity index (χ0n) is 13.7. The van der Waals surface area contributed by atoms with Crippen LogP contribution in [-0.4, -0.2) is 39.4 Å². The maximum absolute atomic E-state index is 11.8. The molecule has 0 aliphatic carbocycles. The van der Waals surface area contributed by atoms with Crippen molar-refractivity contribution in [2.24, 2.45) is 0 Å². The first-order chi connectivity index (χ1) is 11.6. The molecule has 1 heterocycles. The molecule has 0 unspecified atom stereocenters. The minimum Gasteiger partial charge on any atom is -0.355 e. The molecule has 1 aromatic carbocycles. The van der Waals surface area contributed by atoms with E-state index in [1.807, 2.05) is 42.0 Å². The molecule has 2 amide bonds. The number of thioether (sulfide) groups is 1. The summed E-state index contributed by atoms with van der Waals surface area (Å²) < 4.78 is 1.97. The molecule has 0 radical (unpaired) electrons. The lowest BCUT2D eigenvalue weighted by Crippen LogP contribution is -2.27. The number of hydrogen-bond acceptors (Lipinski definition) is 4. The summed E-state index contributed by atoms with van der Waals surface area (Å²) in [5, 5.41) is 5.66. The molecule has 7 heteroatoms. The van der Waals surface area contributed by atoms with Gasteiger partial charge in [0.2, 0.25) is 11.8 Å². The van der Waals surface area contributed by atoms with Gasteiger partial charge in [0.15, 0.2) is 0 Å². The summed E-state index contributed by atoms with van der Waals surface area (Å²) in [5.41, 5.74) is 1.92. The van der Waals surface area contributed by atoms with Crippen LogP contribution in [0.25, 0.3) is 0 Å². The van der Waals surface area contributed by atoms with Crippen LogP contribution in [0.4, 0.5) is 5.69 Å². The molecule has 0 aliphatic rings. The lowest BCUT2D eigenvalue weighted by atomic mass is 10.2. The van der Waals surface area contributed by atoms with Gasteiger partial charge in [-0.25, -0.2) is 4.98 Å². The Hall–Kier alpha value is -2.28. The predicted octanol–water partition coefficient (Wildman–Crippen LogP) is 2.07. The van der Waals surface area contributed by atoms with Gasteiger partial charge in [0.25, 0.3) is 0 Å². The zero-order chi connectivity index (χ0) is 17.2. The highest BCUT2D eigenvalue weighted by Crippen LogP contribution is 2.09. The second-order valence-corrected chi connectivity index (χ2v) is 6.40. The minimum absolute atomic E-state index is 0.0474. The van der Waals surface area contributed by atoms with Crippen LogP contribution in [0.1, 0.15) is 12.0 Å². The molecule has 0 saturated carbocycles. The number of carbonyl (C=O) groups is 2. The van der Waals surface area contributed by atoms with Gasteiger partial charge in [-0.1, -0.05) is 17.7 Å². The number of carbonyl (C=O) groups excluding carboxylic acids is 2. The first-order valence-electron chi connectivity index (χ1n) is 7.80. The van der Waals surface area contributed by atoms with E-state index in [0.717, 1.165) is 24.2 Å². The third kappa shape index (κ3) is 6.87. The van der Waals surface area contributed by atoms with E-state index in [1.54, 1.807) is 12.5 Å². The summed E-state index contributed by atoms with van der Waals surface area (Å²) >= 11 is 1.31. The zero-order valence-corrected chi connectivity index (χ0v) is 14.5. The first kappa shape index (κ1) is 18.1. The SMILES string of the molecule is Cc1ccc(NC(=O)CSCC(=O)NCCCn2ccnc2)cc1. The fourth-order valence-corrected chi connectivity index (χ4v) is 2.68. The number of rotatable bonds is 9. The van der Waals surface area contributed by atoms with Crippen molar-refractivity contribution in [2.75, 3.05) is 23.4 Å². The van der Waals surface area contributed by atoms with Gasteiger partial charge in [-0.05, 0) is 25.5 Å². The second kappa shape index (κ2) is 9.77. The monoisotopic (exact) mass is 346 g/mol. The van der Waals surface area contributed by atoms with E-state index in [0.29, 0.717) is 6.54 Å². The van der Waals surface area contributed by atoms with E-state index in [2.05, 4.69) is 15.6 Å². The van der Waals surface area contributed by atoms with E-state index < -0.39 is 0 Å². The molecule has 1 aromatic heterocycles. The summed E-state index contributed by atoms with van der Waals surface area (Å²) in [6, 6.07) is 7.62. The van der Waals surface area contributed by atoms with Crippen LogP contribution in [0, 0.1) is 6.92 Å². The van der Waals surface area contributed by atoms with Crippen molar-refractivity contribution in [1.82, 2.24) is 14.9 Å². The largest absolute Gasteiger partial charge is 0.355 e. The first-order valence-corrected chi connectivity index (χ1v) is 8.95. The fourth-order valence-electron chi connectivity index (χ4n) is 2.03. The third-order valence-corrected chi connectivity index (χ3v) is 4.21. The van der Waals surface area contributed by atoms with Crippen LogP contribution in [0.3, 0.4) is 0 Å². The summed E-state index contributed by atoms with van der Waals surface area (Å²) in [5.74, 6) is 0.397. The Kier molecular flexibility index (Phi) is 7.35. The Labute approximate surface area is 146 Å².